The minimum Gasteiger partial charge on any atom is -0.315 e. The minimum absolute atomic E-state index is 0. The SMILES string of the molecule is Cl.O=C(CN[C@@H]1CCCNC1)c1ccccn1. The summed E-state index contributed by atoms with van der Waals surface area (Å²) in [5.41, 5.74) is 0.541. The van der Waals surface area contributed by atoms with Crippen LogP contribution >= 0.6 is 12.4 Å². The topological polar surface area (TPSA) is 54.0 Å². The molecule has 1 aliphatic rings. The van der Waals surface area contributed by atoms with Gasteiger partial charge in [-0.3, -0.25) is 9.78 Å². The van der Waals surface area contributed by atoms with Crippen LogP contribution in [0.15, 0.2) is 24.4 Å². The molecule has 94 valence electrons. The molecule has 2 rings (SSSR count). The van der Waals surface area contributed by atoms with Crippen molar-refractivity contribution in [3.8, 4) is 0 Å². The van der Waals surface area contributed by atoms with Gasteiger partial charge in [-0.05, 0) is 31.5 Å². The van der Waals surface area contributed by atoms with Gasteiger partial charge in [0.15, 0.2) is 5.78 Å². The molecule has 1 aliphatic heterocycles. The van der Waals surface area contributed by atoms with Crippen LogP contribution in [0.3, 0.4) is 0 Å². The number of aromatic nitrogens is 1. The fourth-order valence-corrected chi connectivity index (χ4v) is 1.88. The second kappa shape index (κ2) is 7.37. The maximum Gasteiger partial charge on any atom is 0.194 e. The summed E-state index contributed by atoms with van der Waals surface area (Å²) in [6, 6.07) is 5.82. The number of hydrogen-bond donors (Lipinski definition) is 2. The summed E-state index contributed by atoms with van der Waals surface area (Å²) in [5, 5.41) is 6.58. The first kappa shape index (κ1) is 14.1. The Morgan fingerprint density at radius 2 is 2.41 bits per heavy atom. The molecular formula is C12H18ClN3O. The highest BCUT2D eigenvalue weighted by Gasteiger charge is 2.14. The molecule has 0 aromatic carbocycles. The Bertz CT molecular complexity index is 339. The third kappa shape index (κ3) is 4.42. The van der Waals surface area contributed by atoms with Gasteiger partial charge in [0.05, 0.1) is 6.54 Å². The molecule has 0 bridgehead atoms. The fraction of sp³-hybridized carbons (Fsp3) is 0.500. The zero-order valence-electron chi connectivity index (χ0n) is 9.69. The summed E-state index contributed by atoms with van der Waals surface area (Å²) in [6.07, 6.45) is 3.97. The molecule has 17 heavy (non-hydrogen) atoms. The number of hydrogen-bond acceptors (Lipinski definition) is 4. The number of Topliss-reactive ketones (excluding diaryl/α,β-unsaturated/α-hetero) is 1. The molecular weight excluding hydrogens is 238 g/mol. The van der Waals surface area contributed by atoms with Gasteiger partial charge in [-0.1, -0.05) is 6.07 Å². The van der Waals surface area contributed by atoms with Gasteiger partial charge in [-0.2, -0.15) is 0 Å². The number of ketones is 1. The van der Waals surface area contributed by atoms with Crippen LogP contribution in [0.2, 0.25) is 0 Å². The average molecular weight is 256 g/mol. The van der Waals surface area contributed by atoms with E-state index in [0.29, 0.717) is 18.3 Å². The van der Waals surface area contributed by atoms with Gasteiger partial charge < -0.3 is 10.6 Å². The molecule has 1 aromatic heterocycles. The van der Waals surface area contributed by atoms with Gasteiger partial charge in [0.1, 0.15) is 5.69 Å². The Labute approximate surface area is 108 Å². The summed E-state index contributed by atoms with van der Waals surface area (Å²) < 4.78 is 0. The van der Waals surface area contributed by atoms with Crippen molar-refractivity contribution in [2.24, 2.45) is 0 Å². The van der Waals surface area contributed by atoms with E-state index in [-0.39, 0.29) is 18.2 Å². The summed E-state index contributed by atoms with van der Waals surface area (Å²) in [6.45, 7) is 2.42. The lowest BCUT2D eigenvalue weighted by Gasteiger charge is -2.23. The molecule has 0 aliphatic carbocycles. The third-order valence-electron chi connectivity index (χ3n) is 2.80. The molecule has 2 heterocycles. The van der Waals surface area contributed by atoms with E-state index in [1.807, 2.05) is 12.1 Å². The standard InChI is InChI=1S/C12H17N3O.ClH/c16-12(11-5-1-2-7-14-11)9-15-10-4-3-6-13-8-10;/h1-2,5,7,10,13,15H,3-4,6,8-9H2;1H/t10-;/m1./s1. The molecule has 1 saturated heterocycles. The Balaban J connectivity index is 0.00000144. The third-order valence-corrected chi connectivity index (χ3v) is 2.80. The molecule has 4 nitrogen and oxygen atoms in total. The average Bonchev–Trinajstić information content (AvgIpc) is 2.38. The molecule has 0 spiro atoms. The zero-order valence-corrected chi connectivity index (χ0v) is 10.5. The number of carbonyl (C=O) groups is 1. The second-order valence-electron chi connectivity index (χ2n) is 4.06. The van der Waals surface area contributed by atoms with Crippen LogP contribution in [0.25, 0.3) is 0 Å². The quantitative estimate of drug-likeness (QED) is 0.789. The number of nitrogens with one attached hydrogen (secondary N) is 2. The van der Waals surface area contributed by atoms with Crippen molar-refractivity contribution >= 4 is 18.2 Å². The maximum atomic E-state index is 11.7. The van der Waals surface area contributed by atoms with E-state index in [4.69, 9.17) is 0 Å². The maximum absolute atomic E-state index is 11.7. The van der Waals surface area contributed by atoms with Crippen molar-refractivity contribution in [3.63, 3.8) is 0 Å². The van der Waals surface area contributed by atoms with E-state index in [9.17, 15) is 4.79 Å². The van der Waals surface area contributed by atoms with Crippen molar-refractivity contribution < 1.29 is 4.79 Å². The number of halogens is 1. The number of rotatable bonds is 4. The highest BCUT2D eigenvalue weighted by Crippen LogP contribution is 2.01. The summed E-state index contributed by atoms with van der Waals surface area (Å²) in [7, 11) is 0. The summed E-state index contributed by atoms with van der Waals surface area (Å²) in [4.78, 5) is 15.8. The Morgan fingerprint density at radius 1 is 1.53 bits per heavy atom. The van der Waals surface area contributed by atoms with Crippen LogP contribution in [-0.2, 0) is 0 Å². The van der Waals surface area contributed by atoms with E-state index in [2.05, 4.69) is 15.6 Å². The van der Waals surface area contributed by atoms with Crippen molar-refractivity contribution in [1.29, 1.82) is 0 Å². The van der Waals surface area contributed by atoms with Crippen molar-refractivity contribution in [1.82, 2.24) is 15.6 Å². The van der Waals surface area contributed by atoms with Gasteiger partial charge in [0, 0.05) is 18.8 Å². The van der Waals surface area contributed by atoms with Gasteiger partial charge in [-0.25, -0.2) is 0 Å². The minimum atomic E-state index is 0. The molecule has 0 radical (unpaired) electrons. The smallest absolute Gasteiger partial charge is 0.194 e. The van der Waals surface area contributed by atoms with E-state index in [1.54, 1.807) is 12.3 Å². The molecule has 5 heteroatoms. The summed E-state index contributed by atoms with van der Waals surface area (Å²) >= 11 is 0. The van der Waals surface area contributed by atoms with E-state index >= 15 is 0 Å². The molecule has 0 unspecified atom stereocenters. The number of carbonyl (C=O) groups excluding carboxylic acids is 1. The zero-order chi connectivity index (χ0) is 11.2. The Kier molecular flexibility index (Phi) is 6.11. The van der Waals surface area contributed by atoms with Crippen LogP contribution in [-0.4, -0.2) is 36.4 Å². The van der Waals surface area contributed by atoms with Crippen molar-refractivity contribution in [3.05, 3.63) is 30.1 Å². The molecule has 1 atom stereocenters. The number of piperidine rings is 1. The second-order valence-corrected chi connectivity index (χ2v) is 4.06. The lowest BCUT2D eigenvalue weighted by molar-refractivity contribution is 0.0981. The van der Waals surface area contributed by atoms with Crippen LogP contribution in [0, 0.1) is 0 Å². The Morgan fingerprint density at radius 3 is 3.06 bits per heavy atom. The van der Waals surface area contributed by atoms with Gasteiger partial charge in [-0.15, -0.1) is 12.4 Å². The first-order valence-corrected chi connectivity index (χ1v) is 5.74. The monoisotopic (exact) mass is 255 g/mol. The van der Waals surface area contributed by atoms with E-state index < -0.39 is 0 Å². The molecule has 0 amide bonds. The predicted molar refractivity (Wildman–Crippen MR) is 69.7 cm³/mol. The summed E-state index contributed by atoms with van der Waals surface area (Å²) in [5.74, 6) is 0.0613. The van der Waals surface area contributed by atoms with Crippen LogP contribution in [0.1, 0.15) is 23.3 Å². The van der Waals surface area contributed by atoms with Gasteiger partial charge in [0.25, 0.3) is 0 Å². The number of pyridine rings is 1. The van der Waals surface area contributed by atoms with Crippen LogP contribution in [0.4, 0.5) is 0 Å². The lowest BCUT2D eigenvalue weighted by Crippen LogP contribution is -2.44. The molecule has 0 saturated carbocycles. The lowest BCUT2D eigenvalue weighted by atomic mass is 10.1. The highest BCUT2D eigenvalue weighted by atomic mass is 35.5. The van der Waals surface area contributed by atoms with Gasteiger partial charge >= 0.3 is 0 Å². The largest absolute Gasteiger partial charge is 0.315 e. The molecule has 1 aromatic rings. The highest BCUT2D eigenvalue weighted by molar-refractivity contribution is 5.95. The fourth-order valence-electron chi connectivity index (χ4n) is 1.88. The van der Waals surface area contributed by atoms with Gasteiger partial charge in [0.2, 0.25) is 0 Å². The van der Waals surface area contributed by atoms with Crippen LogP contribution < -0.4 is 10.6 Å². The Hall–Kier alpha value is -0.970. The van der Waals surface area contributed by atoms with Crippen molar-refractivity contribution in [2.45, 2.75) is 18.9 Å². The normalized spacial score (nSPS) is 19.4. The predicted octanol–water partition coefficient (Wildman–Crippen LogP) is 1.03. The van der Waals surface area contributed by atoms with Crippen LogP contribution in [0.5, 0.6) is 0 Å². The number of nitrogens with zero attached hydrogens (tertiary/aromatic N) is 1. The van der Waals surface area contributed by atoms with E-state index in [1.165, 1.54) is 6.42 Å². The molecule has 2 N–H and O–H groups in total. The molecule has 1 fully saturated rings. The first-order valence-electron chi connectivity index (χ1n) is 5.74. The van der Waals surface area contributed by atoms with Crippen molar-refractivity contribution in [2.75, 3.05) is 19.6 Å². The first-order chi connectivity index (χ1) is 7.86. The van der Waals surface area contributed by atoms with E-state index in [0.717, 1.165) is 19.5 Å².